The maximum absolute atomic E-state index is 12.5. The molecule has 8 heteroatoms. The summed E-state index contributed by atoms with van der Waals surface area (Å²) in [5.74, 6) is 0.376. The minimum atomic E-state index is -4.45. The summed E-state index contributed by atoms with van der Waals surface area (Å²) in [6.45, 7) is 0.655. The number of alkyl halides is 3. The monoisotopic (exact) mass is 286 g/mol. The molecule has 0 aromatic carbocycles. The van der Waals surface area contributed by atoms with Crippen molar-refractivity contribution in [3.8, 4) is 0 Å². The van der Waals surface area contributed by atoms with E-state index >= 15 is 0 Å². The molecule has 0 fully saturated rings. The van der Waals surface area contributed by atoms with Crippen LogP contribution in [0.1, 0.15) is 12.0 Å². The fourth-order valence-electron chi connectivity index (χ4n) is 1.78. The lowest BCUT2D eigenvalue weighted by molar-refractivity contribution is -0.138. The van der Waals surface area contributed by atoms with Gasteiger partial charge in [0.2, 0.25) is 0 Å². The maximum atomic E-state index is 12.5. The number of nitrogens with two attached hydrogens (primary N) is 1. The van der Waals surface area contributed by atoms with Crippen molar-refractivity contribution >= 4 is 5.82 Å². The quantitative estimate of drug-likeness (QED) is 0.931. The summed E-state index contributed by atoms with van der Waals surface area (Å²) in [7, 11) is 0. The van der Waals surface area contributed by atoms with Crippen molar-refractivity contribution in [3.63, 3.8) is 0 Å². The smallest absolute Gasteiger partial charge is 0.382 e. The summed E-state index contributed by atoms with van der Waals surface area (Å²) in [6, 6.07) is 3.33. The summed E-state index contributed by atoms with van der Waals surface area (Å²) in [6.07, 6.45) is -1.47. The summed E-state index contributed by atoms with van der Waals surface area (Å²) in [5, 5.41) is 3.95. The first-order valence-corrected chi connectivity index (χ1v) is 5.93. The van der Waals surface area contributed by atoms with Crippen LogP contribution >= 0.6 is 0 Å². The Kier molecular flexibility index (Phi) is 3.82. The third kappa shape index (κ3) is 3.40. The van der Waals surface area contributed by atoms with Crippen molar-refractivity contribution in [1.82, 2.24) is 14.3 Å². The fourth-order valence-corrected chi connectivity index (χ4v) is 1.78. The highest BCUT2D eigenvalue weighted by molar-refractivity contribution is 5.23. The number of pyridine rings is 1. The first-order chi connectivity index (χ1) is 9.36. The molecular weight excluding hydrogens is 273 g/mol. The Bertz CT molecular complexity index is 645. The minimum absolute atomic E-state index is 0.183. The molecular formula is C12H13F3N4O. The summed E-state index contributed by atoms with van der Waals surface area (Å²) >= 11 is 0. The summed E-state index contributed by atoms with van der Waals surface area (Å²) < 4.78 is 40.3. The van der Waals surface area contributed by atoms with E-state index in [1.54, 1.807) is 16.9 Å². The Labute approximate surface area is 112 Å². The van der Waals surface area contributed by atoms with Gasteiger partial charge in [-0.05, 0) is 18.6 Å². The third-order valence-electron chi connectivity index (χ3n) is 2.76. The van der Waals surface area contributed by atoms with E-state index in [1.165, 1.54) is 0 Å². The standard InChI is InChI=1S/C12H13F3N4O/c13-12(14,15)9-2-3-11(20)18(8-9)5-1-6-19-7-4-10(16)17-19/h2-4,7-8H,1,5-6H2,(H2,16,17). The van der Waals surface area contributed by atoms with E-state index in [0.717, 1.165) is 22.9 Å². The lowest BCUT2D eigenvalue weighted by Gasteiger charge is -2.10. The number of hydrogen-bond acceptors (Lipinski definition) is 3. The number of hydrogen-bond donors (Lipinski definition) is 1. The normalized spacial score (nSPS) is 11.8. The predicted octanol–water partition coefficient (Wildman–Crippen LogP) is 1.74. The zero-order valence-electron chi connectivity index (χ0n) is 10.5. The van der Waals surface area contributed by atoms with Gasteiger partial charge in [0.15, 0.2) is 0 Å². The first-order valence-electron chi connectivity index (χ1n) is 5.93. The Morgan fingerprint density at radius 2 is 1.95 bits per heavy atom. The number of anilines is 1. The highest BCUT2D eigenvalue weighted by atomic mass is 19.4. The molecule has 0 radical (unpaired) electrons. The average molecular weight is 286 g/mol. The molecule has 108 valence electrons. The van der Waals surface area contributed by atoms with E-state index in [9.17, 15) is 18.0 Å². The molecule has 0 spiro atoms. The van der Waals surface area contributed by atoms with Crippen LogP contribution in [-0.4, -0.2) is 14.3 Å². The molecule has 0 saturated carbocycles. The second-order valence-electron chi connectivity index (χ2n) is 4.30. The lowest BCUT2D eigenvalue weighted by atomic mass is 10.2. The molecule has 2 heterocycles. The molecule has 0 saturated heterocycles. The van der Waals surface area contributed by atoms with Crippen molar-refractivity contribution in [2.75, 3.05) is 5.73 Å². The maximum Gasteiger partial charge on any atom is 0.417 e. The molecule has 2 aromatic rings. The number of nitrogens with zero attached hydrogens (tertiary/aromatic N) is 3. The molecule has 2 rings (SSSR count). The first kappa shape index (κ1) is 14.2. The van der Waals surface area contributed by atoms with Crippen molar-refractivity contribution in [3.05, 3.63) is 46.5 Å². The minimum Gasteiger partial charge on any atom is -0.382 e. The Hall–Kier alpha value is -2.25. The van der Waals surface area contributed by atoms with Gasteiger partial charge in [-0.15, -0.1) is 0 Å². The van der Waals surface area contributed by atoms with Crippen molar-refractivity contribution < 1.29 is 13.2 Å². The summed E-state index contributed by atoms with van der Waals surface area (Å²) in [5.41, 5.74) is 4.15. The van der Waals surface area contributed by atoms with Crippen LogP contribution in [0.2, 0.25) is 0 Å². The molecule has 0 bridgehead atoms. The number of aromatic nitrogens is 3. The van der Waals surface area contributed by atoms with E-state index < -0.39 is 17.3 Å². The highest BCUT2D eigenvalue weighted by Crippen LogP contribution is 2.27. The van der Waals surface area contributed by atoms with Gasteiger partial charge in [0, 0.05) is 31.5 Å². The second kappa shape index (κ2) is 5.40. The van der Waals surface area contributed by atoms with Gasteiger partial charge in [0.1, 0.15) is 5.82 Å². The molecule has 2 aromatic heterocycles. The molecule has 20 heavy (non-hydrogen) atoms. The zero-order chi connectivity index (χ0) is 14.8. The van der Waals surface area contributed by atoms with Gasteiger partial charge in [0.05, 0.1) is 5.56 Å². The zero-order valence-corrected chi connectivity index (χ0v) is 10.5. The van der Waals surface area contributed by atoms with E-state index in [2.05, 4.69) is 5.10 Å². The highest BCUT2D eigenvalue weighted by Gasteiger charge is 2.30. The largest absolute Gasteiger partial charge is 0.417 e. The molecule has 0 unspecified atom stereocenters. The van der Waals surface area contributed by atoms with Crippen LogP contribution in [-0.2, 0) is 19.3 Å². The van der Waals surface area contributed by atoms with Crippen molar-refractivity contribution in [2.45, 2.75) is 25.7 Å². The number of rotatable bonds is 4. The van der Waals surface area contributed by atoms with Crippen molar-refractivity contribution in [2.24, 2.45) is 0 Å². The molecule has 0 aliphatic rings. The predicted molar refractivity (Wildman–Crippen MR) is 67.0 cm³/mol. The van der Waals surface area contributed by atoms with Crippen LogP contribution in [0.15, 0.2) is 35.4 Å². The van der Waals surface area contributed by atoms with Gasteiger partial charge in [-0.1, -0.05) is 0 Å². The van der Waals surface area contributed by atoms with Gasteiger partial charge >= 0.3 is 6.18 Å². The van der Waals surface area contributed by atoms with E-state index in [-0.39, 0.29) is 6.54 Å². The molecule has 5 nitrogen and oxygen atoms in total. The second-order valence-corrected chi connectivity index (χ2v) is 4.30. The number of halogens is 3. The van der Waals surface area contributed by atoms with E-state index in [0.29, 0.717) is 18.8 Å². The van der Waals surface area contributed by atoms with Crippen LogP contribution in [0.25, 0.3) is 0 Å². The van der Waals surface area contributed by atoms with Crippen LogP contribution in [0, 0.1) is 0 Å². The van der Waals surface area contributed by atoms with Gasteiger partial charge in [-0.2, -0.15) is 18.3 Å². The molecule has 2 N–H and O–H groups in total. The van der Waals surface area contributed by atoms with Crippen LogP contribution in [0.4, 0.5) is 19.0 Å². The van der Waals surface area contributed by atoms with Crippen molar-refractivity contribution in [1.29, 1.82) is 0 Å². The SMILES string of the molecule is Nc1ccn(CCCn2cc(C(F)(F)F)ccc2=O)n1. The Morgan fingerprint density at radius 1 is 1.20 bits per heavy atom. The van der Waals surface area contributed by atoms with E-state index in [4.69, 9.17) is 5.73 Å². The third-order valence-corrected chi connectivity index (χ3v) is 2.76. The molecule has 0 amide bonds. The van der Waals surface area contributed by atoms with Crippen LogP contribution in [0.3, 0.4) is 0 Å². The van der Waals surface area contributed by atoms with Crippen LogP contribution < -0.4 is 11.3 Å². The summed E-state index contributed by atoms with van der Waals surface area (Å²) in [4.78, 5) is 11.5. The van der Waals surface area contributed by atoms with E-state index in [1.807, 2.05) is 0 Å². The fraction of sp³-hybridized carbons (Fsp3) is 0.333. The Balaban J connectivity index is 2.04. The van der Waals surface area contributed by atoms with Gasteiger partial charge in [-0.3, -0.25) is 9.48 Å². The number of nitrogen functional groups attached to an aromatic ring is 1. The lowest BCUT2D eigenvalue weighted by Crippen LogP contribution is -2.22. The molecule has 0 aliphatic heterocycles. The van der Waals surface area contributed by atoms with Gasteiger partial charge < -0.3 is 10.3 Å². The number of aryl methyl sites for hydroxylation is 2. The topological polar surface area (TPSA) is 65.8 Å². The van der Waals surface area contributed by atoms with Gasteiger partial charge in [0.25, 0.3) is 5.56 Å². The Morgan fingerprint density at radius 3 is 2.55 bits per heavy atom. The molecule has 0 aliphatic carbocycles. The molecule has 0 atom stereocenters. The van der Waals surface area contributed by atoms with Gasteiger partial charge in [-0.25, -0.2) is 0 Å². The average Bonchev–Trinajstić information content (AvgIpc) is 2.76. The van der Waals surface area contributed by atoms with Crippen LogP contribution in [0.5, 0.6) is 0 Å².